The van der Waals surface area contributed by atoms with Crippen LogP contribution in [0.25, 0.3) is 0 Å². The number of benzene rings is 2. The van der Waals surface area contributed by atoms with Crippen molar-refractivity contribution < 1.29 is 28.6 Å². The van der Waals surface area contributed by atoms with E-state index in [0.29, 0.717) is 17.9 Å². The molecule has 3 aliphatic rings. The third-order valence-corrected chi connectivity index (χ3v) is 6.80. The predicted molar refractivity (Wildman–Crippen MR) is 110 cm³/mol. The van der Waals surface area contributed by atoms with Crippen LogP contribution in [0.2, 0.25) is 0 Å². The van der Waals surface area contributed by atoms with E-state index in [1.807, 2.05) is 30.3 Å². The Kier molecular flexibility index (Phi) is 5.00. The van der Waals surface area contributed by atoms with E-state index in [4.69, 9.17) is 14.2 Å². The SMILES string of the molecule is C[C@H](OC(=O)[C@@H]1[C@@H]2C[C@@H]3[C@H]1C(=O)O[C@H]3C2)C(=O)c1ccc(OCc2ccccc2)cc1. The molecule has 160 valence electrons. The first-order valence-electron chi connectivity index (χ1n) is 10.7. The number of rotatable bonds is 7. The minimum Gasteiger partial charge on any atom is -0.489 e. The second kappa shape index (κ2) is 7.84. The molecule has 2 aliphatic carbocycles. The Morgan fingerprint density at radius 2 is 1.81 bits per heavy atom. The summed E-state index contributed by atoms with van der Waals surface area (Å²) in [5.74, 6) is -1.02. The zero-order chi connectivity index (χ0) is 21.5. The van der Waals surface area contributed by atoms with Crippen LogP contribution in [0, 0.1) is 23.7 Å². The molecule has 1 aliphatic heterocycles. The highest BCUT2D eigenvalue weighted by Crippen LogP contribution is 2.58. The molecule has 1 heterocycles. The summed E-state index contributed by atoms with van der Waals surface area (Å²) in [5.41, 5.74) is 1.50. The van der Waals surface area contributed by atoms with Gasteiger partial charge >= 0.3 is 11.9 Å². The molecule has 2 aromatic rings. The van der Waals surface area contributed by atoms with E-state index in [2.05, 4.69) is 0 Å². The second-order valence-electron chi connectivity index (χ2n) is 8.66. The van der Waals surface area contributed by atoms with Gasteiger partial charge in [0, 0.05) is 11.5 Å². The normalized spacial score (nSPS) is 28.8. The summed E-state index contributed by atoms with van der Waals surface area (Å²) < 4.78 is 16.6. The maximum atomic E-state index is 12.8. The molecule has 0 aromatic heterocycles. The van der Waals surface area contributed by atoms with Gasteiger partial charge in [-0.25, -0.2) is 0 Å². The van der Waals surface area contributed by atoms with Crippen LogP contribution < -0.4 is 4.74 Å². The Morgan fingerprint density at radius 3 is 2.55 bits per heavy atom. The highest BCUT2D eigenvalue weighted by atomic mass is 16.6. The lowest BCUT2D eigenvalue weighted by atomic mass is 9.80. The summed E-state index contributed by atoms with van der Waals surface area (Å²) in [7, 11) is 0. The minimum absolute atomic E-state index is 0.0340. The number of carbonyl (C=O) groups is 3. The van der Waals surface area contributed by atoms with Crippen molar-refractivity contribution in [1.29, 1.82) is 0 Å². The van der Waals surface area contributed by atoms with Gasteiger partial charge in [0.05, 0.1) is 11.8 Å². The van der Waals surface area contributed by atoms with Crippen molar-refractivity contribution in [3.63, 3.8) is 0 Å². The van der Waals surface area contributed by atoms with E-state index in [1.165, 1.54) is 0 Å². The second-order valence-corrected chi connectivity index (χ2v) is 8.66. The van der Waals surface area contributed by atoms with Gasteiger partial charge in [-0.1, -0.05) is 30.3 Å². The molecule has 2 aromatic carbocycles. The zero-order valence-corrected chi connectivity index (χ0v) is 17.2. The van der Waals surface area contributed by atoms with Gasteiger partial charge in [0.1, 0.15) is 18.5 Å². The van der Waals surface area contributed by atoms with Crippen LogP contribution in [0.3, 0.4) is 0 Å². The van der Waals surface area contributed by atoms with Crippen LogP contribution in [-0.2, 0) is 25.7 Å². The summed E-state index contributed by atoms with van der Waals surface area (Å²) in [5, 5.41) is 0. The van der Waals surface area contributed by atoms with E-state index in [-0.39, 0.29) is 29.7 Å². The Morgan fingerprint density at radius 1 is 1.06 bits per heavy atom. The number of hydrogen-bond acceptors (Lipinski definition) is 6. The molecule has 0 radical (unpaired) electrons. The number of esters is 2. The van der Waals surface area contributed by atoms with E-state index in [1.54, 1.807) is 31.2 Å². The van der Waals surface area contributed by atoms with Gasteiger partial charge in [0.15, 0.2) is 6.10 Å². The van der Waals surface area contributed by atoms with Crippen molar-refractivity contribution in [2.24, 2.45) is 23.7 Å². The lowest BCUT2D eigenvalue weighted by molar-refractivity contribution is -0.157. The molecule has 1 saturated heterocycles. The molecular weight excluding hydrogens is 396 g/mol. The molecule has 31 heavy (non-hydrogen) atoms. The number of carbonyl (C=O) groups excluding carboxylic acids is 3. The molecule has 6 nitrogen and oxygen atoms in total. The van der Waals surface area contributed by atoms with Crippen molar-refractivity contribution >= 4 is 17.7 Å². The molecule has 6 heteroatoms. The van der Waals surface area contributed by atoms with E-state index in [9.17, 15) is 14.4 Å². The van der Waals surface area contributed by atoms with Gasteiger partial charge in [-0.3, -0.25) is 14.4 Å². The monoisotopic (exact) mass is 420 g/mol. The maximum absolute atomic E-state index is 12.8. The molecule has 3 fully saturated rings. The van der Waals surface area contributed by atoms with E-state index in [0.717, 1.165) is 18.4 Å². The Labute approximate surface area is 180 Å². The van der Waals surface area contributed by atoms with Gasteiger partial charge < -0.3 is 14.2 Å². The summed E-state index contributed by atoms with van der Waals surface area (Å²) >= 11 is 0. The molecule has 2 saturated carbocycles. The van der Waals surface area contributed by atoms with Crippen molar-refractivity contribution in [2.75, 3.05) is 0 Å². The summed E-state index contributed by atoms with van der Waals surface area (Å²) in [6, 6.07) is 16.6. The first kappa shape index (κ1) is 19.8. The largest absolute Gasteiger partial charge is 0.489 e. The first-order chi connectivity index (χ1) is 15.0. The summed E-state index contributed by atoms with van der Waals surface area (Å²) in [4.78, 5) is 37.7. The van der Waals surface area contributed by atoms with Crippen molar-refractivity contribution in [3.05, 3.63) is 65.7 Å². The van der Waals surface area contributed by atoms with Crippen LogP contribution in [0.15, 0.2) is 54.6 Å². The van der Waals surface area contributed by atoms with Crippen LogP contribution in [-0.4, -0.2) is 29.9 Å². The third kappa shape index (κ3) is 3.60. The quantitative estimate of drug-likeness (QED) is 0.503. The fraction of sp³-hybridized carbons (Fsp3) is 0.400. The average Bonchev–Trinajstić information content (AvgIpc) is 3.41. The Balaban J connectivity index is 1.18. The fourth-order valence-corrected chi connectivity index (χ4v) is 5.32. The maximum Gasteiger partial charge on any atom is 0.310 e. The van der Waals surface area contributed by atoms with Gasteiger partial charge in [-0.05, 0) is 55.5 Å². The molecule has 6 atom stereocenters. The van der Waals surface area contributed by atoms with Crippen LogP contribution >= 0.6 is 0 Å². The standard InChI is InChI=1S/C25H24O6/c1-14(30-24(27)21-17-11-19-20(12-17)31-25(28)22(19)21)23(26)16-7-9-18(10-8-16)29-13-15-5-3-2-4-6-15/h2-10,14,17,19-22H,11-13H2,1H3/t14-,17+,19-,20-,21+,22+/m0/s1. The number of ketones is 1. The highest BCUT2D eigenvalue weighted by molar-refractivity contribution is 6.00. The number of Topliss-reactive ketones (excluding diaryl/α,β-unsaturated/α-hetero) is 1. The highest BCUT2D eigenvalue weighted by Gasteiger charge is 2.64. The van der Waals surface area contributed by atoms with Crippen molar-refractivity contribution in [3.8, 4) is 5.75 Å². The fourth-order valence-electron chi connectivity index (χ4n) is 5.32. The lowest BCUT2D eigenvalue weighted by Gasteiger charge is -2.24. The molecule has 2 bridgehead atoms. The molecule has 5 rings (SSSR count). The average molecular weight is 420 g/mol. The summed E-state index contributed by atoms with van der Waals surface area (Å²) in [6.07, 6.45) is 0.594. The van der Waals surface area contributed by atoms with E-state index < -0.39 is 23.9 Å². The van der Waals surface area contributed by atoms with Gasteiger partial charge in [0.25, 0.3) is 0 Å². The first-order valence-corrected chi connectivity index (χ1v) is 10.7. The molecule has 0 spiro atoms. The number of ether oxygens (including phenoxy) is 3. The Hall–Kier alpha value is -3.15. The van der Waals surface area contributed by atoms with Crippen LogP contribution in [0.5, 0.6) is 5.75 Å². The van der Waals surface area contributed by atoms with Crippen LogP contribution in [0.1, 0.15) is 35.7 Å². The van der Waals surface area contributed by atoms with E-state index >= 15 is 0 Å². The summed E-state index contributed by atoms with van der Waals surface area (Å²) in [6.45, 7) is 2.01. The lowest BCUT2D eigenvalue weighted by Crippen LogP contribution is -2.36. The van der Waals surface area contributed by atoms with Crippen LogP contribution in [0.4, 0.5) is 0 Å². The molecular formula is C25H24O6. The van der Waals surface area contributed by atoms with Gasteiger partial charge in [0.2, 0.25) is 5.78 Å². The number of fused-ring (bicyclic) bond motifs is 1. The van der Waals surface area contributed by atoms with Gasteiger partial charge in [-0.2, -0.15) is 0 Å². The zero-order valence-electron chi connectivity index (χ0n) is 17.2. The predicted octanol–water partition coefficient (Wildman–Crippen LogP) is 3.58. The molecule has 0 unspecified atom stereocenters. The molecule has 0 N–H and O–H groups in total. The topological polar surface area (TPSA) is 78.9 Å². The van der Waals surface area contributed by atoms with Crippen molar-refractivity contribution in [1.82, 2.24) is 0 Å². The number of hydrogen-bond donors (Lipinski definition) is 0. The molecule has 0 amide bonds. The van der Waals surface area contributed by atoms with Crippen molar-refractivity contribution in [2.45, 2.75) is 38.6 Å². The van der Waals surface area contributed by atoms with Gasteiger partial charge in [-0.15, -0.1) is 0 Å². The Bertz CT molecular complexity index is 996. The minimum atomic E-state index is -0.920. The smallest absolute Gasteiger partial charge is 0.310 e. The third-order valence-electron chi connectivity index (χ3n) is 6.80.